The molecular formula is C18H30IN3O5. The SMILES string of the molecule is CCNC(=NCCCOCCOC)NCCOc1ccc2c(c1)OCO2.I. The third-order valence-electron chi connectivity index (χ3n) is 3.50. The van der Waals surface area contributed by atoms with Gasteiger partial charge in [-0.25, -0.2) is 0 Å². The van der Waals surface area contributed by atoms with Crippen LogP contribution in [0.4, 0.5) is 0 Å². The van der Waals surface area contributed by atoms with Crippen LogP contribution < -0.4 is 24.8 Å². The first-order valence-corrected chi connectivity index (χ1v) is 8.94. The third kappa shape index (κ3) is 9.34. The van der Waals surface area contributed by atoms with Crippen LogP contribution in [-0.2, 0) is 9.47 Å². The number of halogens is 1. The molecule has 27 heavy (non-hydrogen) atoms. The number of methoxy groups -OCH3 is 1. The molecule has 8 nitrogen and oxygen atoms in total. The molecule has 0 radical (unpaired) electrons. The van der Waals surface area contributed by atoms with Gasteiger partial charge in [0.2, 0.25) is 6.79 Å². The number of rotatable bonds is 12. The third-order valence-corrected chi connectivity index (χ3v) is 3.50. The van der Waals surface area contributed by atoms with E-state index in [0.717, 1.165) is 36.2 Å². The number of fused-ring (bicyclic) bond motifs is 1. The van der Waals surface area contributed by atoms with Crippen LogP contribution in [-0.4, -0.2) is 65.9 Å². The van der Waals surface area contributed by atoms with Crippen molar-refractivity contribution in [3.8, 4) is 17.2 Å². The Kier molecular flexibility index (Phi) is 12.7. The predicted octanol–water partition coefficient (Wildman–Crippen LogP) is 2.02. The molecule has 9 heteroatoms. The molecule has 0 saturated carbocycles. The number of hydrogen-bond donors (Lipinski definition) is 2. The molecule has 1 aliphatic rings. The van der Waals surface area contributed by atoms with Crippen LogP contribution in [0.2, 0.25) is 0 Å². The molecule has 154 valence electrons. The molecule has 1 heterocycles. The Balaban J connectivity index is 0.00000364. The van der Waals surface area contributed by atoms with Crippen molar-refractivity contribution in [1.29, 1.82) is 0 Å². The molecule has 1 aliphatic heterocycles. The van der Waals surface area contributed by atoms with E-state index in [1.165, 1.54) is 0 Å². The van der Waals surface area contributed by atoms with Gasteiger partial charge >= 0.3 is 0 Å². The Morgan fingerprint density at radius 2 is 1.96 bits per heavy atom. The first-order valence-electron chi connectivity index (χ1n) is 8.94. The van der Waals surface area contributed by atoms with E-state index in [0.29, 0.717) is 39.5 Å². The molecule has 0 spiro atoms. The van der Waals surface area contributed by atoms with Gasteiger partial charge in [0.25, 0.3) is 0 Å². The predicted molar refractivity (Wildman–Crippen MR) is 115 cm³/mol. The summed E-state index contributed by atoms with van der Waals surface area (Å²) in [6.45, 7) is 6.89. The zero-order chi connectivity index (χ0) is 18.5. The molecule has 0 unspecified atom stereocenters. The van der Waals surface area contributed by atoms with E-state index in [9.17, 15) is 0 Å². The van der Waals surface area contributed by atoms with Crippen molar-refractivity contribution in [2.75, 3.05) is 60.0 Å². The second kappa shape index (κ2) is 14.6. The zero-order valence-corrected chi connectivity index (χ0v) is 18.3. The van der Waals surface area contributed by atoms with Crippen LogP contribution in [0.1, 0.15) is 13.3 Å². The van der Waals surface area contributed by atoms with Crippen LogP contribution in [0.15, 0.2) is 23.2 Å². The molecule has 0 aliphatic carbocycles. The van der Waals surface area contributed by atoms with Crippen LogP contribution in [0, 0.1) is 0 Å². The highest BCUT2D eigenvalue weighted by Crippen LogP contribution is 2.34. The summed E-state index contributed by atoms with van der Waals surface area (Å²) in [6.07, 6.45) is 0.869. The number of guanidine groups is 1. The number of nitrogens with zero attached hydrogens (tertiary/aromatic N) is 1. The number of benzene rings is 1. The van der Waals surface area contributed by atoms with E-state index in [2.05, 4.69) is 15.6 Å². The summed E-state index contributed by atoms with van der Waals surface area (Å²) in [5, 5.41) is 6.46. The van der Waals surface area contributed by atoms with Gasteiger partial charge in [0.1, 0.15) is 12.4 Å². The maximum atomic E-state index is 5.73. The lowest BCUT2D eigenvalue weighted by atomic mass is 10.3. The number of aliphatic imine (C=N–C) groups is 1. The Labute approximate surface area is 178 Å². The first kappa shape index (κ1) is 23.6. The molecule has 0 amide bonds. The summed E-state index contributed by atoms with van der Waals surface area (Å²) in [5.41, 5.74) is 0. The zero-order valence-electron chi connectivity index (χ0n) is 16.0. The maximum Gasteiger partial charge on any atom is 0.231 e. The Morgan fingerprint density at radius 3 is 2.78 bits per heavy atom. The van der Waals surface area contributed by atoms with Gasteiger partial charge in [0.15, 0.2) is 17.5 Å². The summed E-state index contributed by atoms with van der Waals surface area (Å²) >= 11 is 0. The molecule has 2 N–H and O–H groups in total. The van der Waals surface area contributed by atoms with Gasteiger partial charge in [-0.15, -0.1) is 24.0 Å². The fourth-order valence-corrected chi connectivity index (χ4v) is 2.25. The van der Waals surface area contributed by atoms with E-state index in [-0.39, 0.29) is 30.8 Å². The first-order chi connectivity index (χ1) is 12.8. The Bertz CT molecular complexity index is 560. The molecule has 0 fully saturated rings. The van der Waals surface area contributed by atoms with Crippen LogP contribution in [0.5, 0.6) is 17.2 Å². The van der Waals surface area contributed by atoms with Crippen molar-refractivity contribution < 1.29 is 23.7 Å². The summed E-state index contributed by atoms with van der Waals surface area (Å²) < 4.78 is 26.7. The largest absolute Gasteiger partial charge is 0.492 e. The monoisotopic (exact) mass is 495 g/mol. The molecule has 0 aromatic heterocycles. The van der Waals surface area contributed by atoms with E-state index in [1.54, 1.807) is 7.11 Å². The van der Waals surface area contributed by atoms with E-state index < -0.39 is 0 Å². The molecule has 2 rings (SSSR count). The maximum absolute atomic E-state index is 5.73. The van der Waals surface area contributed by atoms with Crippen molar-refractivity contribution in [3.63, 3.8) is 0 Å². The number of nitrogens with one attached hydrogen (secondary N) is 2. The summed E-state index contributed by atoms with van der Waals surface area (Å²) in [6, 6.07) is 5.56. The van der Waals surface area contributed by atoms with Gasteiger partial charge in [-0.2, -0.15) is 0 Å². The average Bonchev–Trinajstić information content (AvgIpc) is 3.12. The smallest absolute Gasteiger partial charge is 0.231 e. The van der Waals surface area contributed by atoms with Crippen molar-refractivity contribution in [1.82, 2.24) is 10.6 Å². The molecule has 0 bridgehead atoms. The highest BCUT2D eigenvalue weighted by molar-refractivity contribution is 14.0. The highest BCUT2D eigenvalue weighted by atomic mass is 127. The standard InChI is InChI=1S/C18H29N3O5.HI/c1-3-19-18(20-7-4-9-23-12-11-22-2)21-8-10-24-15-5-6-16-17(13-15)26-14-25-16;/h5-6,13H,3-4,7-12,14H2,1-2H3,(H2,19,20,21);1H. The van der Waals surface area contributed by atoms with Gasteiger partial charge < -0.3 is 34.3 Å². The minimum atomic E-state index is 0. The Hall–Kier alpha value is -1.46. The summed E-state index contributed by atoms with van der Waals surface area (Å²) in [7, 11) is 1.66. The highest BCUT2D eigenvalue weighted by Gasteiger charge is 2.13. The fourth-order valence-electron chi connectivity index (χ4n) is 2.25. The van der Waals surface area contributed by atoms with Gasteiger partial charge in [-0.3, -0.25) is 4.99 Å². The van der Waals surface area contributed by atoms with Crippen LogP contribution >= 0.6 is 24.0 Å². The second-order valence-electron chi connectivity index (χ2n) is 5.51. The molecule has 0 atom stereocenters. The lowest BCUT2D eigenvalue weighted by Crippen LogP contribution is -2.39. The van der Waals surface area contributed by atoms with Crippen molar-refractivity contribution in [2.24, 2.45) is 4.99 Å². The van der Waals surface area contributed by atoms with E-state index in [1.807, 2.05) is 25.1 Å². The molecule has 0 saturated heterocycles. The van der Waals surface area contributed by atoms with Crippen molar-refractivity contribution >= 4 is 29.9 Å². The summed E-state index contributed by atoms with van der Waals surface area (Å²) in [5.74, 6) is 3.01. The lowest BCUT2D eigenvalue weighted by molar-refractivity contribution is 0.0702. The minimum Gasteiger partial charge on any atom is -0.492 e. The number of hydrogen-bond acceptors (Lipinski definition) is 6. The molecule has 1 aromatic rings. The average molecular weight is 495 g/mol. The second-order valence-corrected chi connectivity index (χ2v) is 5.51. The topological polar surface area (TPSA) is 82.6 Å². The number of ether oxygens (including phenoxy) is 5. The van der Waals surface area contributed by atoms with Crippen LogP contribution in [0.3, 0.4) is 0 Å². The van der Waals surface area contributed by atoms with Gasteiger partial charge in [0.05, 0.1) is 19.8 Å². The molecule has 1 aromatic carbocycles. The Morgan fingerprint density at radius 1 is 1.11 bits per heavy atom. The normalized spacial score (nSPS) is 12.4. The van der Waals surface area contributed by atoms with Crippen LogP contribution in [0.25, 0.3) is 0 Å². The summed E-state index contributed by atoms with van der Waals surface area (Å²) in [4.78, 5) is 4.51. The molecular weight excluding hydrogens is 465 g/mol. The van der Waals surface area contributed by atoms with Gasteiger partial charge in [0, 0.05) is 32.9 Å². The quantitative estimate of drug-likeness (QED) is 0.199. The minimum absolute atomic E-state index is 0. The lowest BCUT2D eigenvalue weighted by Gasteiger charge is -2.12. The van der Waals surface area contributed by atoms with Crippen molar-refractivity contribution in [2.45, 2.75) is 13.3 Å². The van der Waals surface area contributed by atoms with Crippen molar-refractivity contribution in [3.05, 3.63) is 18.2 Å². The van der Waals surface area contributed by atoms with Gasteiger partial charge in [-0.05, 0) is 25.5 Å². The van der Waals surface area contributed by atoms with Gasteiger partial charge in [-0.1, -0.05) is 0 Å². The van der Waals surface area contributed by atoms with E-state index >= 15 is 0 Å². The fraction of sp³-hybridized carbons (Fsp3) is 0.611. The van der Waals surface area contributed by atoms with E-state index in [4.69, 9.17) is 23.7 Å².